The monoisotopic (exact) mass is 678 g/mol. The maximum absolute atomic E-state index is 12.5. The van der Waals surface area contributed by atoms with Crippen LogP contribution in [0.1, 0.15) is 91.4 Å². The molecule has 0 spiro atoms. The fourth-order valence-corrected chi connectivity index (χ4v) is 12.0. The van der Waals surface area contributed by atoms with Crippen LogP contribution in [0, 0.1) is 40.4 Å². The summed E-state index contributed by atoms with van der Waals surface area (Å²) in [6.45, 7) is 6.70. The predicted molar refractivity (Wildman–Crippen MR) is 172 cm³/mol. The summed E-state index contributed by atoms with van der Waals surface area (Å²) in [5, 5.41) is 53.4. The van der Waals surface area contributed by atoms with Crippen LogP contribution in [0.4, 0.5) is 0 Å². The Morgan fingerprint density at radius 2 is 1.69 bits per heavy atom. The predicted octanol–water partition coefficient (Wildman–Crippen LogP) is 2.63. The summed E-state index contributed by atoms with van der Waals surface area (Å²) in [6, 6.07) is 0. The molecule has 5 saturated carbocycles. The smallest absolute Gasteiger partial charge is 0.331 e. The van der Waals surface area contributed by atoms with Gasteiger partial charge >= 0.3 is 5.97 Å². The summed E-state index contributed by atoms with van der Waals surface area (Å²) in [5.41, 5.74) is 0.258. The zero-order chi connectivity index (χ0) is 34.2. The molecule has 0 amide bonds. The minimum absolute atomic E-state index is 0.0635. The number of aliphatic hydroxyl groups is 5. The van der Waals surface area contributed by atoms with Gasteiger partial charge in [0.1, 0.15) is 24.9 Å². The molecule has 11 nitrogen and oxygen atoms in total. The van der Waals surface area contributed by atoms with Gasteiger partial charge in [0.25, 0.3) is 0 Å². The molecule has 0 aromatic carbocycles. The van der Waals surface area contributed by atoms with Gasteiger partial charge in [-0.3, -0.25) is 0 Å². The van der Waals surface area contributed by atoms with Gasteiger partial charge in [0.15, 0.2) is 6.29 Å². The van der Waals surface area contributed by atoms with Gasteiger partial charge in [0.05, 0.1) is 36.1 Å². The Balaban J connectivity index is 0.971. The molecule has 2 aliphatic heterocycles. The number of hydrogen-bond donors (Lipinski definition) is 5. The summed E-state index contributed by atoms with van der Waals surface area (Å²) in [5.74, 6) is 0.600. The SMILES string of the molecule is COC1CC(OC2CCC3(C)C(CCC4C3CCC3(C)C(C5=CC(=O)OC5)CCC43O)C2)OC(C)C1OC1CC(CO)C(O)C(O)C1O. The van der Waals surface area contributed by atoms with E-state index in [9.17, 15) is 30.3 Å². The van der Waals surface area contributed by atoms with Crippen molar-refractivity contribution in [3.8, 4) is 0 Å². The lowest BCUT2D eigenvalue weighted by molar-refractivity contribution is -0.294. The van der Waals surface area contributed by atoms with Crippen LogP contribution in [-0.2, 0) is 28.5 Å². The summed E-state index contributed by atoms with van der Waals surface area (Å²) < 4.78 is 30.4. The first-order valence-electron chi connectivity index (χ1n) is 18.6. The Morgan fingerprint density at radius 1 is 0.896 bits per heavy atom. The van der Waals surface area contributed by atoms with Gasteiger partial charge in [0.2, 0.25) is 0 Å². The highest BCUT2D eigenvalue weighted by Crippen LogP contribution is 2.70. The molecule has 7 aliphatic rings. The third kappa shape index (κ3) is 5.62. The van der Waals surface area contributed by atoms with Crippen LogP contribution in [-0.4, -0.2) is 113 Å². The third-order valence-electron chi connectivity index (χ3n) is 14.9. The van der Waals surface area contributed by atoms with Gasteiger partial charge in [-0.25, -0.2) is 4.79 Å². The standard InChI is InChI=1S/C37H58O11/c1-19-34(48-27-13-20(17-38)31(40)33(42)32(27)41)28(44-4)16-30(46-19)47-23-7-10-35(2)22(15-23)5-6-26-25(35)8-11-36(3)24(9-12-37(26,36)43)21-14-29(39)45-18-21/h14,19-20,22-28,30-34,38,40-43H,5-13,15-18H2,1-4H3. The molecule has 17 unspecified atom stereocenters. The van der Waals surface area contributed by atoms with Crippen LogP contribution in [0.2, 0.25) is 0 Å². The van der Waals surface area contributed by atoms with Crippen LogP contribution >= 0.6 is 0 Å². The van der Waals surface area contributed by atoms with E-state index in [0.29, 0.717) is 24.9 Å². The summed E-state index contributed by atoms with van der Waals surface area (Å²) in [4.78, 5) is 11.9. The van der Waals surface area contributed by atoms with Crippen molar-refractivity contribution in [2.75, 3.05) is 20.3 Å². The fourth-order valence-electron chi connectivity index (χ4n) is 12.0. The molecule has 17 atom stereocenters. The lowest BCUT2D eigenvalue weighted by Gasteiger charge is -2.64. The van der Waals surface area contributed by atoms with Gasteiger partial charge in [-0.05, 0) is 106 Å². The Labute approximate surface area is 284 Å². The highest BCUT2D eigenvalue weighted by atomic mass is 16.7. The van der Waals surface area contributed by atoms with Gasteiger partial charge in [-0.2, -0.15) is 0 Å². The van der Waals surface area contributed by atoms with Crippen molar-refractivity contribution in [1.82, 2.24) is 0 Å². The number of aliphatic hydroxyl groups excluding tert-OH is 4. The summed E-state index contributed by atoms with van der Waals surface area (Å²) in [6.07, 6.45) is 4.82. The molecule has 0 aromatic rings. The number of carbonyl (C=O) groups excluding carboxylic acids is 1. The van der Waals surface area contributed by atoms with E-state index < -0.39 is 54.4 Å². The number of cyclic esters (lactones) is 1. The Morgan fingerprint density at radius 3 is 2.40 bits per heavy atom. The molecular weight excluding hydrogens is 620 g/mol. The molecule has 6 fully saturated rings. The highest BCUT2D eigenvalue weighted by molar-refractivity contribution is 5.85. The minimum atomic E-state index is -1.41. The van der Waals surface area contributed by atoms with Crippen molar-refractivity contribution in [3.05, 3.63) is 11.6 Å². The fraction of sp³-hybridized carbons (Fsp3) is 0.919. The molecule has 11 heteroatoms. The summed E-state index contributed by atoms with van der Waals surface area (Å²) >= 11 is 0. The van der Waals surface area contributed by atoms with E-state index in [1.165, 1.54) is 0 Å². The number of carbonyl (C=O) groups is 1. The van der Waals surface area contributed by atoms with Crippen LogP contribution in [0.5, 0.6) is 0 Å². The van der Waals surface area contributed by atoms with E-state index in [-0.39, 0.29) is 53.9 Å². The van der Waals surface area contributed by atoms with Crippen LogP contribution < -0.4 is 0 Å². The number of hydrogen-bond acceptors (Lipinski definition) is 11. The van der Waals surface area contributed by atoms with Crippen molar-refractivity contribution in [2.45, 2.75) is 152 Å². The Kier molecular flexibility index (Phi) is 9.64. The first-order valence-corrected chi connectivity index (χ1v) is 18.6. The second kappa shape index (κ2) is 13.1. The maximum Gasteiger partial charge on any atom is 0.331 e. The quantitative estimate of drug-likeness (QED) is 0.199. The zero-order valence-corrected chi connectivity index (χ0v) is 29.0. The van der Waals surface area contributed by atoms with Gasteiger partial charge in [0, 0.05) is 37.5 Å². The Bertz CT molecular complexity index is 1230. The topological polar surface area (TPSA) is 164 Å². The molecule has 0 aromatic heterocycles. The lowest BCUT2D eigenvalue weighted by Crippen LogP contribution is -2.62. The van der Waals surface area contributed by atoms with Crippen molar-refractivity contribution < 1.29 is 54.0 Å². The van der Waals surface area contributed by atoms with Crippen molar-refractivity contribution >= 4 is 5.97 Å². The Hall–Kier alpha value is -1.15. The van der Waals surface area contributed by atoms with Crippen molar-refractivity contribution in [1.29, 1.82) is 0 Å². The van der Waals surface area contributed by atoms with E-state index in [1.54, 1.807) is 13.2 Å². The van der Waals surface area contributed by atoms with Crippen LogP contribution in [0.15, 0.2) is 11.6 Å². The van der Waals surface area contributed by atoms with Gasteiger partial charge < -0.3 is 49.2 Å². The number of esters is 1. The first kappa shape index (κ1) is 35.3. The van der Waals surface area contributed by atoms with E-state index in [2.05, 4.69) is 13.8 Å². The summed E-state index contributed by atoms with van der Waals surface area (Å²) in [7, 11) is 1.63. The van der Waals surface area contributed by atoms with E-state index >= 15 is 0 Å². The highest BCUT2D eigenvalue weighted by Gasteiger charge is 2.67. The lowest BCUT2D eigenvalue weighted by atomic mass is 9.43. The average molecular weight is 679 g/mol. The average Bonchev–Trinajstić information content (AvgIpc) is 3.61. The largest absolute Gasteiger partial charge is 0.458 e. The molecule has 0 radical (unpaired) electrons. The van der Waals surface area contributed by atoms with E-state index in [4.69, 9.17) is 23.7 Å². The molecule has 5 N–H and O–H groups in total. The minimum Gasteiger partial charge on any atom is -0.458 e. The van der Waals surface area contributed by atoms with E-state index in [0.717, 1.165) is 63.4 Å². The van der Waals surface area contributed by atoms with Crippen molar-refractivity contribution in [2.24, 2.45) is 40.4 Å². The molecule has 48 heavy (non-hydrogen) atoms. The van der Waals surface area contributed by atoms with Crippen molar-refractivity contribution in [3.63, 3.8) is 0 Å². The maximum atomic E-state index is 12.5. The molecule has 272 valence electrons. The first-order chi connectivity index (χ1) is 22.8. The molecule has 1 saturated heterocycles. The van der Waals surface area contributed by atoms with Crippen LogP contribution in [0.25, 0.3) is 0 Å². The number of ether oxygens (including phenoxy) is 5. The zero-order valence-electron chi connectivity index (χ0n) is 29.0. The van der Waals surface area contributed by atoms with Crippen LogP contribution in [0.3, 0.4) is 0 Å². The second-order valence-electron chi connectivity index (χ2n) is 16.9. The third-order valence-corrected chi connectivity index (χ3v) is 14.9. The number of fused-ring (bicyclic) bond motifs is 5. The molecule has 7 rings (SSSR count). The van der Waals surface area contributed by atoms with E-state index in [1.807, 2.05) is 6.92 Å². The number of rotatable bonds is 7. The number of methoxy groups -OCH3 is 1. The molecule has 2 heterocycles. The van der Waals surface area contributed by atoms with Gasteiger partial charge in [-0.15, -0.1) is 0 Å². The normalized spacial score (nSPS) is 53.8. The molecular formula is C37H58O11. The second-order valence-corrected chi connectivity index (χ2v) is 16.9. The van der Waals surface area contributed by atoms with Gasteiger partial charge in [-0.1, -0.05) is 13.8 Å². The molecule has 0 bridgehead atoms. The molecule has 5 aliphatic carbocycles.